The predicted octanol–water partition coefficient (Wildman–Crippen LogP) is 2.48. The summed E-state index contributed by atoms with van der Waals surface area (Å²) in [5.41, 5.74) is 0.568. The lowest BCUT2D eigenvalue weighted by molar-refractivity contribution is 0.139. The van der Waals surface area contributed by atoms with Gasteiger partial charge in [-0.15, -0.1) is 0 Å². The highest BCUT2D eigenvalue weighted by molar-refractivity contribution is 7.89. The van der Waals surface area contributed by atoms with E-state index in [4.69, 9.17) is 0 Å². The minimum atomic E-state index is -3.49. The van der Waals surface area contributed by atoms with Crippen molar-refractivity contribution in [2.24, 2.45) is 0 Å². The molecule has 128 valence electrons. The van der Waals surface area contributed by atoms with Gasteiger partial charge in [-0.2, -0.15) is 4.31 Å². The van der Waals surface area contributed by atoms with E-state index in [0.29, 0.717) is 29.5 Å². The maximum absolute atomic E-state index is 13.1. The Labute approximate surface area is 143 Å². The molecule has 0 N–H and O–H groups in total. The Balaban J connectivity index is 1.57. The fraction of sp³-hybridized carbons (Fsp3) is 0.500. The second-order valence-electron chi connectivity index (χ2n) is 6.71. The molecular weight excluding hydrogens is 322 g/mol. The second-order valence-corrected chi connectivity index (χ2v) is 8.62. The Hall–Kier alpha value is -1.50. The van der Waals surface area contributed by atoms with E-state index in [2.05, 4.69) is 9.88 Å². The fourth-order valence-electron chi connectivity index (χ4n) is 4.00. The number of sulfonamides is 1. The molecule has 1 saturated carbocycles. The van der Waals surface area contributed by atoms with Crippen LogP contribution in [0.2, 0.25) is 0 Å². The zero-order valence-corrected chi connectivity index (χ0v) is 14.6. The predicted molar refractivity (Wildman–Crippen MR) is 94.3 cm³/mol. The molecule has 1 aromatic heterocycles. The van der Waals surface area contributed by atoms with Crippen molar-refractivity contribution in [3.05, 3.63) is 36.5 Å². The maximum atomic E-state index is 13.1. The molecule has 4 rings (SSSR count). The van der Waals surface area contributed by atoms with Gasteiger partial charge in [0.25, 0.3) is 0 Å². The number of fused-ring (bicyclic) bond motifs is 1. The van der Waals surface area contributed by atoms with Gasteiger partial charge in [-0.3, -0.25) is 9.88 Å². The van der Waals surface area contributed by atoms with Gasteiger partial charge in [-0.05, 0) is 25.0 Å². The second kappa shape index (κ2) is 6.43. The van der Waals surface area contributed by atoms with Gasteiger partial charge in [-0.1, -0.05) is 31.0 Å². The number of rotatable bonds is 3. The van der Waals surface area contributed by atoms with Crippen molar-refractivity contribution >= 4 is 20.9 Å². The van der Waals surface area contributed by atoms with Gasteiger partial charge in [0.2, 0.25) is 10.0 Å². The van der Waals surface area contributed by atoms with Gasteiger partial charge >= 0.3 is 0 Å². The number of pyridine rings is 1. The maximum Gasteiger partial charge on any atom is 0.245 e. The highest BCUT2D eigenvalue weighted by Crippen LogP contribution is 2.27. The van der Waals surface area contributed by atoms with Crippen LogP contribution in [0.25, 0.3) is 10.9 Å². The van der Waals surface area contributed by atoms with E-state index in [0.717, 1.165) is 18.5 Å². The lowest BCUT2D eigenvalue weighted by Gasteiger charge is -2.37. The molecule has 1 aliphatic carbocycles. The summed E-state index contributed by atoms with van der Waals surface area (Å²) < 4.78 is 27.8. The average Bonchev–Trinajstić information content (AvgIpc) is 3.16. The third-order valence-electron chi connectivity index (χ3n) is 5.33. The third-order valence-corrected chi connectivity index (χ3v) is 7.26. The van der Waals surface area contributed by atoms with E-state index < -0.39 is 10.0 Å². The van der Waals surface area contributed by atoms with Crippen LogP contribution in [0.5, 0.6) is 0 Å². The Morgan fingerprint density at radius 3 is 2.42 bits per heavy atom. The van der Waals surface area contributed by atoms with Crippen molar-refractivity contribution in [3.8, 4) is 0 Å². The summed E-state index contributed by atoms with van der Waals surface area (Å²) in [6.07, 6.45) is 6.80. The first-order valence-electron chi connectivity index (χ1n) is 8.74. The summed E-state index contributed by atoms with van der Waals surface area (Å²) in [5.74, 6) is 0. The smallest absolute Gasteiger partial charge is 0.245 e. The molecule has 6 heteroatoms. The molecular formula is C18H23N3O2S. The third kappa shape index (κ3) is 2.83. The van der Waals surface area contributed by atoms with Crippen LogP contribution in [0.4, 0.5) is 0 Å². The van der Waals surface area contributed by atoms with Crippen LogP contribution >= 0.6 is 0 Å². The molecule has 0 spiro atoms. The molecule has 0 amide bonds. The van der Waals surface area contributed by atoms with Crippen molar-refractivity contribution in [1.29, 1.82) is 0 Å². The molecule has 0 atom stereocenters. The van der Waals surface area contributed by atoms with Gasteiger partial charge in [0.15, 0.2) is 0 Å². The Morgan fingerprint density at radius 2 is 1.67 bits per heavy atom. The van der Waals surface area contributed by atoms with E-state index in [9.17, 15) is 8.42 Å². The summed E-state index contributed by atoms with van der Waals surface area (Å²) in [5, 5.41) is 0.864. The molecule has 0 unspecified atom stereocenters. The largest absolute Gasteiger partial charge is 0.298 e. The zero-order valence-electron chi connectivity index (χ0n) is 13.8. The van der Waals surface area contributed by atoms with E-state index in [1.807, 2.05) is 18.2 Å². The van der Waals surface area contributed by atoms with Crippen LogP contribution in [0.3, 0.4) is 0 Å². The molecule has 0 bridgehead atoms. The van der Waals surface area contributed by atoms with Crippen LogP contribution in [-0.4, -0.2) is 54.8 Å². The van der Waals surface area contributed by atoms with Crippen LogP contribution < -0.4 is 0 Å². The van der Waals surface area contributed by atoms with Crippen molar-refractivity contribution in [2.45, 2.75) is 36.6 Å². The lowest BCUT2D eigenvalue weighted by Crippen LogP contribution is -2.51. The van der Waals surface area contributed by atoms with Crippen LogP contribution in [0.1, 0.15) is 25.7 Å². The Morgan fingerprint density at radius 1 is 0.958 bits per heavy atom. The highest BCUT2D eigenvalue weighted by Gasteiger charge is 2.32. The van der Waals surface area contributed by atoms with Crippen molar-refractivity contribution in [1.82, 2.24) is 14.2 Å². The van der Waals surface area contributed by atoms with Crippen LogP contribution in [0, 0.1) is 0 Å². The molecule has 2 aromatic rings. The first-order chi connectivity index (χ1) is 11.7. The van der Waals surface area contributed by atoms with Gasteiger partial charge in [0, 0.05) is 43.8 Å². The van der Waals surface area contributed by atoms with E-state index in [-0.39, 0.29) is 0 Å². The number of hydrogen-bond donors (Lipinski definition) is 0. The van der Waals surface area contributed by atoms with E-state index in [1.54, 1.807) is 22.6 Å². The van der Waals surface area contributed by atoms with Crippen molar-refractivity contribution in [2.75, 3.05) is 26.2 Å². The molecule has 5 nitrogen and oxygen atoms in total. The SMILES string of the molecule is O=S(=O)(c1cccc2cccnc12)N1CCN(C2CCCC2)CC1. The monoisotopic (exact) mass is 345 g/mol. The number of aromatic nitrogens is 1. The zero-order chi connectivity index (χ0) is 16.6. The van der Waals surface area contributed by atoms with E-state index >= 15 is 0 Å². The average molecular weight is 345 g/mol. The first kappa shape index (κ1) is 16.0. The van der Waals surface area contributed by atoms with Crippen molar-refractivity contribution in [3.63, 3.8) is 0 Å². The van der Waals surface area contributed by atoms with E-state index in [1.165, 1.54) is 25.7 Å². The summed E-state index contributed by atoms with van der Waals surface area (Å²) >= 11 is 0. The molecule has 2 aliphatic rings. The highest BCUT2D eigenvalue weighted by atomic mass is 32.2. The van der Waals surface area contributed by atoms with Crippen LogP contribution in [-0.2, 0) is 10.0 Å². The Kier molecular flexibility index (Phi) is 4.28. The summed E-state index contributed by atoms with van der Waals surface area (Å²) in [7, 11) is -3.49. The molecule has 1 aromatic carbocycles. The fourth-order valence-corrected chi connectivity index (χ4v) is 5.59. The van der Waals surface area contributed by atoms with Gasteiger partial charge in [0.1, 0.15) is 4.90 Å². The molecule has 2 fully saturated rings. The Bertz CT molecular complexity index is 818. The summed E-state index contributed by atoms with van der Waals surface area (Å²) in [4.78, 5) is 7.11. The molecule has 1 aliphatic heterocycles. The number of benzene rings is 1. The molecule has 2 heterocycles. The number of piperazine rings is 1. The number of hydrogen-bond acceptors (Lipinski definition) is 4. The first-order valence-corrected chi connectivity index (χ1v) is 10.2. The normalized spacial score (nSPS) is 21.5. The molecule has 0 radical (unpaired) electrons. The summed E-state index contributed by atoms with van der Waals surface area (Å²) in [6.45, 7) is 2.81. The minimum Gasteiger partial charge on any atom is -0.298 e. The lowest BCUT2D eigenvalue weighted by atomic mass is 10.2. The summed E-state index contributed by atoms with van der Waals surface area (Å²) in [6, 6.07) is 9.77. The van der Waals surface area contributed by atoms with Gasteiger partial charge < -0.3 is 0 Å². The standard InChI is InChI=1S/C18H23N3O2S/c22-24(23,17-9-3-5-15-6-4-10-19-18(15)17)21-13-11-20(12-14-21)16-7-1-2-8-16/h3-6,9-10,16H,1-2,7-8,11-14H2. The molecule has 1 saturated heterocycles. The number of para-hydroxylation sites is 1. The minimum absolute atomic E-state index is 0.329. The quantitative estimate of drug-likeness (QED) is 0.858. The van der Waals surface area contributed by atoms with Gasteiger partial charge in [0.05, 0.1) is 5.52 Å². The molecule has 24 heavy (non-hydrogen) atoms. The van der Waals surface area contributed by atoms with Gasteiger partial charge in [-0.25, -0.2) is 8.42 Å². The van der Waals surface area contributed by atoms with Crippen LogP contribution in [0.15, 0.2) is 41.4 Å². The number of nitrogens with zero attached hydrogens (tertiary/aromatic N) is 3. The van der Waals surface area contributed by atoms with Crippen molar-refractivity contribution < 1.29 is 8.42 Å². The topological polar surface area (TPSA) is 53.5 Å².